The van der Waals surface area contributed by atoms with Crippen LogP contribution in [0.3, 0.4) is 0 Å². The maximum Gasteiger partial charge on any atom is 0.309 e. The van der Waals surface area contributed by atoms with Crippen molar-refractivity contribution < 1.29 is 17.9 Å². The fraction of sp³-hybridized carbons (Fsp3) is 0.462. The summed E-state index contributed by atoms with van der Waals surface area (Å²) < 4.78 is 31.0. The van der Waals surface area contributed by atoms with Crippen molar-refractivity contribution in [1.82, 2.24) is 10.0 Å². The van der Waals surface area contributed by atoms with Crippen LogP contribution in [0.5, 0.6) is 0 Å². The van der Waals surface area contributed by atoms with Gasteiger partial charge in [0.15, 0.2) is 0 Å². The highest BCUT2D eigenvalue weighted by Crippen LogP contribution is 2.11. The third kappa shape index (κ3) is 5.28. The summed E-state index contributed by atoms with van der Waals surface area (Å²) in [5, 5.41) is 2.95. The minimum absolute atomic E-state index is 0.131. The number of hydrogen-bond donors (Lipinski definition) is 2. The van der Waals surface area contributed by atoms with Crippen LogP contribution in [0.25, 0.3) is 0 Å². The van der Waals surface area contributed by atoms with Crippen molar-refractivity contribution in [3.05, 3.63) is 29.8 Å². The molecule has 112 valence electrons. The Hall–Kier alpha value is -1.44. The highest BCUT2D eigenvalue weighted by molar-refractivity contribution is 7.89. The van der Waals surface area contributed by atoms with Crippen LogP contribution in [0, 0.1) is 0 Å². The van der Waals surface area contributed by atoms with E-state index in [0.717, 1.165) is 13.0 Å². The number of carbonyl (C=O) groups is 1. The molecule has 0 radical (unpaired) electrons. The Bertz CT molecular complexity index is 526. The van der Waals surface area contributed by atoms with Crippen LogP contribution in [0.2, 0.25) is 0 Å². The quantitative estimate of drug-likeness (QED) is 0.532. The molecule has 0 saturated heterocycles. The number of esters is 1. The molecule has 0 amide bonds. The van der Waals surface area contributed by atoms with Gasteiger partial charge in [0.1, 0.15) is 0 Å². The smallest absolute Gasteiger partial charge is 0.309 e. The van der Waals surface area contributed by atoms with Crippen LogP contribution in [0.15, 0.2) is 29.2 Å². The highest BCUT2D eigenvalue weighted by Gasteiger charge is 2.13. The van der Waals surface area contributed by atoms with Gasteiger partial charge >= 0.3 is 5.97 Å². The first-order chi connectivity index (χ1) is 9.49. The average molecular weight is 300 g/mol. The van der Waals surface area contributed by atoms with E-state index < -0.39 is 10.0 Å². The predicted octanol–water partition coefficient (Wildman–Crippen LogP) is 0.290. The zero-order valence-electron chi connectivity index (χ0n) is 11.7. The molecule has 0 heterocycles. The number of sulfonamides is 1. The minimum Gasteiger partial charge on any atom is -0.469 e. The van der Waals surface area contributed by atoms with Crippen LogP contribution < -0.4 is 10.0 Å². The lowest BCUT2D eigenvalue weighted by molar-refractivity contribution is -0.139. The van der Waals surface area contributed by atoms with Crippen molar-refractivity contribution >= 4 is 16.0 Å². The van der Waals surface area contributed by atoms with Gasteiger partial charge in [-0.3, -0.25) is 4.79 Å². The average Bonchev–Trinajstić information content (AvgIpc) is 2.44. The molecule has 0 unspecified atom stereocenters. The Kier molecular flexibility index (Phi) is 6.63. The molecule has 1 rings (SSSR count). The molecule has 0 atom stereocenters. The maximum atomic E-state index is 12.0. The van der Waals surface area contributed by atoms with E-state index in [4.69, 9.17) is 0 Å². The molecular weight excluding hydrogens is 280 g/mol. The van der Waals surface area contributed by atoms with Gasteiger partial charge in [-0.05, 0) is 37.7 Å². The number of ether oxygens (including phenoxy) is 1. The van der Waals surface area contributed by atoms with Gasteiger partial charge in [-0.2, -0.15) is 0 Å². The Morgan fingerprint density at radius 3 is 2.40 bits per heavy atom. The second-order valence-corrected chi connectivity index (χ2v) is 6.02. The first-order valence-corrected chi connectivity index (χ1v) is 7.78. The molecule has 0 aromatic heterocycles. The highest BCUT2D eigenvalue weighted by atomic mass is 32.2. The van der Waals surface area contributed by atoms with E-state index in [0.29, 0.717) is 12.1 Å². The molecule has 0 aliphatic heterocycles. The molecule has 0 aliphatic rings. The van der Waals surface area contributed by atoms with Gasteiger partial charge < -0.3 is 10.1 Å². The van der Waals surface area contributed by atoms with Gasteiger partial charge in [0, 0.05) is 6.54 Å². The van der Waals surface area contributed by atoms with Crippen LogP contribution in [0.1, 0.15) is 12.0 Å². The van der Waals surface area contributed by atoms with E-state index in [1.165, 1.54) is 19.2 Å². The molecule has 0 fully saturated rings. The Morgan fingerprint density at radius 1 is 1.20 bits per heavy atom. The Morgan fingerprint density at radius 2 is 1.85 bits per heavy atom. The minimum atomic E-state index is -3.49. The van der Waals surface area contributed by atoms with Crippen molar-refractivity contribution in [1.29, 1.82) is 0 Å². The molecule has 0 aliphatic carbocycles. The number of carbonyl (C=O) groups excluding carboxylic acids is 1. The third-order valence-corrected chi connectivity index (χ3v) is 4.18. The van der Waals surface area contributed by atoms with Gasteiger partial charge in [-0.1, -0.05) is 12.1 Å². The van der Waals surface area contributed by atoms with E-state index >= 15 is 0 Å². The summed E-state index contributed by atoms with van der Waals surface area (Å²) in [6.45, 7) is 1.13. The third-order valence-electron chi connectivity index (χ3n) is 2.71. The Labute approximate surface area is 119 Å². The lowest BCUT2D eigenvalue weighted by Gasteiger charge is -2.07. The maximum absolute atomic E-state index is 12.0. The van der Waals surface area contributed by atoms with Gasteiger partial charge in [0.25, 0.3) is 0 Å². The first kappa shape index (κ1) is 16.6. The molecule has 0 bridgehead atoms. The van der Waals surface area contributed by atoms with Crippen molar-refractivity contribution in [3.63, 3.8) is 0 Å². The van der Waals surface area contributed by atoms with Crippen LogP contribution in [0.4, 0.5) is 0 Å². The van der Waals surface area contributed by atoms with Crippen LogP contribution in [-0.4, -0.2) is 41.6 Å². The lowest BCUT2D eigenvalue weighted by atomic mass is 10.2. The van der Waals surface area contributed by atoms with E-state index in [-0.39, 0.29) is 17.3 Å². The first-order valence-electron chi connectivity index (χ1n) is 6.29. The van der Waals surface area contributed by atoms with Gasteiger partial charge in [-0.15, -0.1) is 0 Å². The fourth-order valence-electron chi connectivity index (χ4n) is 1.58. The molecule has 2 N–H and O–H groups in total. The summed E-state index contributed by atoms with van der Waals surface area (Å²) in [5.41, 5.74) is 0.714. The van der Waals surface area contributed by atoms with E-state index in [1.807, 2.05) is 7.05 Å². The van der Waals surface area contributed by atoms with Crippen LogP contribution >= 0.6 is 0 Å². The van der Waals surface area contributed by atoms with E-state index in [9.17, 15) is 13.2 Å². The molecular formula is C13H20N2O4S. The number of rotatable bonds is 8. The zero-order valence-corrected chi connectivity index (χ0v) is 12.5. The lowest BCUT2D eigenvalue weighted by Crippen LogP contribution is -2.26. The summed E-state index contributed by atoms with van der Waals surface area (Å²) in [6.07, 6.45) is 0.850. The van der Waals surface area contributed by atoms with Crippen molar-refractivity contribution in [2.45, 2.75) is 17.7 Å². The molecule has 0 saturated carbocycles. The summed E-state index contributed by atoms with van der Waals surface area (Å²) in [5.74, 6) is -0.356. The van der Waals surface area contributed by atoms with Gasteiger partial charge in [-0.25, -0.2) is 13.1 Å². The van der Waals surface area contributed by atoms with Crippen molar-refractivity contribution in [3.8, 4) is 0 Å². The number of methoxy groups -OCH3 is 1. The summed E-state index contributed by atoms with van der Waals surface area (Å²) in [4.78, 5) is 11.3. The normalized spacial score (nSPS) is 11.3. The topological polar surface area (TPSA) is 84.5 Å². The van der Waals surface area contributed by atoms with Gasteiger partial charge in [0.2, 0.25) is 10.0 Å². The van der Waals surface area contributed by atoms with Crippen molar-refractivity contribution in [2.75, 3.05) is 27.2 Å². The number of nitrogens with one attached hydrogen (secondary N) is 2. The van der Waals surface area contributed by atoms with E-state index in [2.05, 4.69) is 14.8 Å². The molecule has 1 aromatic carbocycles. The Balaban J connectivity index is 2.64. The zero-order chi connectivity index (χ0) is 15.0. The largest absolute Gasteiger partial charge is 0.469 e. The summed E-state index contributed by atoms with van der Waals surface area (Å²) >= 11 is 0. The molecule has 7 heteroatoms. The van der Waals surface area contributed by atoms with Crippen molar-refractivity contribution in [2.24, 2.45) is 0 Å². The molecule has 0 spiro atoms. The molecule has 6 nitrogen and oxygen atoms in total. The molecule has 20 heavy (non-hydrogen) atoms. The number of hydrogen-bond acceptors (Lipinski definition) is 5. The summed E-state index contributed by atoms with van der Waals surface area (Å²) in [7, 11) is -0.356. The number of benzene rings is 1. The second kappa shape index (κ2) is 7.98. The van der Waals surface area contributed by atoms with Crippen LogP contribution in [-0.2, 0) is 26.0 Å². The second-order valence-electron chi connectivity index (χ2n) is 4.25. The SMILES string of the molecule is CNCCCNS(=O)(=O)c1ccc(CC(=O)OC)cc1. The molecule has 1 aromatic rings. The van der Waals surface area contributed by atoms with E-state index in [1.54, 1.807) is 12.1 Å². The fourth-order valence-corrected chi connectivity index (χ4v) is 2.65. The monoisotopic (exact) mass is 300 g/mol. The standard InChI is InChI=1S/C13H20N2O4S/c1-14-8-3-9-15-20(17,18)12-6-4-11(5-7-12)10-13(16)19-2/h4-7,14-15H,3,8-10H2,1-2H3. The van der Waals surface area contributed by atoms with Gasteiger partial charge in [0.05, 0.1) is 18.4 Å². The summed E-state index contributed by atoms with van der Waals surface area (Å²) in [6, 6.07) is 6.19. The predicted molar refractivity (Wildman–Crippen MR) is 75.9 cm³/mol.